The zero-order valence-electron chi connectivity index (χ0n) is 13.8. The van der Waals surface area contributed by atoms with E-state index in [1.54, 1.807) is 37.4 Å². The Kier molecular flexibility index (Phi) is 3.63. The molecule has 5 nitrogen and oxygen atoms in total. The molecule has 4 aromatic rings. The van der Waals surface area contributed by atoms with Gasteiger partial charge in [-0.15, -0.1) is 0 Å². The van der Waals surface area contributed by atoms with E-state index in [4.69, 9.17) is 0 Å². The van der Waals surface area contributed by atoms with Gasteiger partial charge in [0.05, 0.1) is 21.8 Å². The topological polar surface area (TPSA) is 70.2 Å². The van der Waals surface area contributed by atoms with E-state index in [-0.39, 0.29) is 11.4 Å². The van der Waals surface area contributed by atoms with Gasteiger partial charge in [0, 0.05) is 11.9 Å². The van der Waals surface area contributed by atoms with Crippen LogP contribution in [0.25, 0.3) is 22.9 Å². The van der Waals surface area contributed by atoms with E-state index in [0.717, 1.165) is 0 Å². The summed E-state index contributed by atoms with van der Waals surface area (Å²) in [6.45, 7) is 1.72. The lowest BCUT2D eigenvalue weighted by molar-refractivity contribution is 0.628. The summed E-state index contributed by atoms with van der Waals surface area (Å²) in [6.07, 6.45) is 1.54. The average Bonchev–Trinajstić information content (AvgIpc) is 3.03. The molecule has 0 amide bonds. The molecule has 0 unspecified atom stereocenters. The summed E-state index contributed by atoms with van der Waals surface area (Å²) < 4.78 is 14.5. The summed E-state index contributed by atoms with van der Waals surface area (Å²) in [4.78, 5) is 17.5. The van der Waals surface area contributed by atoms with E-state index < -0.39 is 0 Å². The molecule has 0 spiro atoms. The van der Waals surface area contributed by atoms with Gasteiger partial charge in [-0.1, -0.05) is 12.1 Å². The normalized spacial score (nSPS) is 11.8. The van der Waals surface area contributed by atoms with E-state index in [1.165, 1.54) is 16.5 Å². The van der Waals surface area contributed by atoms with Crippen molar-refractivity contribution in [2.24, 2.45) is 0 Å². The minimum atomic E-state index is -0.339. The van der Waals surface area contributed by atoms with Crippen LogP contribution < -0.4 is 16.1 Å². The molecule has 6 heteroatoms. The molecule has 126 valence electrons. The van der Waals surface area contributed by atoms with Gasteiger partial charge in [-0.25, -0.2) is 9.37 Å². The zero-order valence-corrected chi connectivity index (χ0v) is 13.8. The summed E-state index contributed by atoms with van der Waals surface area (Å²) in [5.41, 5.74) is 2.95. The highest BCUT2D eigenvalue weighted by molar-refractivity contribution is 5.82. The first-order valence-electron chi connectivity index (χ1n) is 7.96. The highest BCUT2D eigenvalue weighted by atomic mass is 19.1. The van der Waals surface area contributed by atoms with Crippen molar-refractivity contribution in [3.63, 3.8) is 0 Å². The Morgan fingerprint density at radius 1 is 1.19 bits per heavy atom. The van der Waals surface area contributed by atoms with Gasteiger partial charge < -0.3 is 5.32 Å². The van der Waals surface area contributed by atoms with Gasteiger partial charge in [-0.3, -0.25) is 9.20 Å². The average molecular weight is 344 g/mol. The summed E-state index contributed by atoms with van der Waals surface area (Å²) >= 11 is 0. The third-order valence-electron chi connectivity index (χ3n) is 4.34. The summed E-state index contributed by atoms with van der Waals surface area (Å²) in [7, 11) is 0. The van der Waals surface area contributed by atoms with E-state index >= 15 is 0 Å². The molecule has 26 heavy (non-hydrogen) atoms. The Bertz CT molecular complexity index is 1300. The fourth-order valence-electron chi connectivity index (χ4n) is 2.99. The molecule has 4 rings (SSSR count). The molecule has 2 aromatic carbocycles. The van der Waals surface area contributed by atoms with E-state index in [2.05, 4.69) is 16.4 Å². The minimum absolute atomic E-state index is 0.264. The zero-order chi connectivity index (χ0) is 18.3. The molecule has 0 aliphatic carbocycles. The molecule has 2 heterocycles. The first-order chi connectivity index (χ1) is 12.6. The Balaban J connectivity index is 2.01. The maximum absolute atomic E-state index is 13.1. The van der Waals surface area contributed by atoms with Crippen LogP contribution in [0.15, 0.2) is 53.3 Å². The fourth-order valence-corrected chi connectivity index (χ4v) is 2.99. The molecule has 0 fully saturated rings. The molecular weight excluding hydrogens is 331 g/mol. The number of aromatic nitrogens is 2. The highest BCUT2D eigenvalue weighted by Gasteiger charge is 2.15. The van der Waals surface area contributed by atoms with Crippen LogP contribution in [-0.2, 0) is 0 Å². The maximum Gasteiger partial charge on any atom is 0.265 e. The van der Waals surface area contributed by atoms with Crippen LogP contribution in [0.3, 0.4) is 0 Å². The van der Waals surface area contributed by atoms with Crippen LogP contribution >= 0.6 is 0 Å². The van der Waals surface area contributed by atoms with Crippen molar-refractivity contribution < 1.29 is 4.39 Å². The van der Waals surface area contributed by atoms with E-state index in [9.17, 15) is 14.4 Å². The number of nitrogens with zero attached hydrogens (tertiary/aromatic N) is 3. The first kappa shape index (κ1) is 15.8. The van der Waals surface area contributed by atoms with Crippen molar-refractivity contribution in [2.45, 2.75) is 6.92 Å². The largest absolute Gasteiger partial charge is 0.361 e. The van der Waals surface area contributed by atoms with Crippen LogP contribution in [0, 0.1) is 24.1 Å². The second-order valence-electron chi connectivity index (χ2n) is 5.89. The molecule has 0 saturated heterocycles. The third-order valence-corrected chi connectivity index (χ3v) is 4.34. The number of nitriles is 1. The van der Waals surface area contributed by atoms with E-state index in [0.29, 0.717) is 38.7 Å². The number of rotatable bonds is 2. The minimum Gasteiger partial charge on any atom is -0.361 e. The van der Waals surface area contributed by atoms with Crippen LogP contribution in [0.5, 0.6) is 0 Å². The third kappa shape index (κ3) is 2.38. The van der Waals surface area contributed by atoms with Crippen LogP contribution in [0.2, 0.25) is 0 Å². The highest BCUT2D eigenvalue weighted by Crippen LogP contribution is 2.17. The predicted molar refractivity (Wildman–Crippen MR) is 98.1 cm³/mol. The lowest BCUT2D eigenvalue weighted by atomic mass is 10.1. The number of hydrogen-bond donors (Lipinski definition) is 1. The molecule has 0 radical (unpaired) electrons. The summed E-state index contributed by atoms with van der Waals surface area (Å²) in [5, 5.41) is 12.9. The Morgan fingerprint density at radius 3 is 2.65 bits per heavy atom. The standard InChI is InChI=1S/C20H13FN4O/c1-12-15(10-22)19-24-17-4-2-3-5-18(17)25(19)20(26)16(12)11-23-14-8-6-13(21)7-9-14/h2-9,11,23H,1H3. The number of para-hydroxylation sites is 2. The number of benzene rings is 2. The van der Waals surface area contributed by atoms with Gasteiger partial charge in [0.2, 0.25) is 0 Å². The molecule has 0 atom stereocenters. The number of pyridine rings is 1. The van der Waals surface area contributed by atoms with Crippen molar-refractivity contribution in [3.8, 4) is 6.07 Å². The predicted octanol–water partition coefficient (Wildman–Crippen LogP) is 2.74. The lowest BCUT2D eigenvalue weighted by Gasteiger charge is -2.04. The second-order valence-corrected chi connectivity index (χ2v) is 5.89. The monoisotopic (exact) mass is 344 g/mol. The van der Waals surface area contributed by atoms with Gasteiger partial charge in [-0.05, 0) is 48.9 Å². The summed E-state index contributed by atoms with van der Waals surface area (Å²) in [6, 6.07) is 15.2. The second kappa shape index (κ2) is 5.97. The molecule has 0 saturated carbocycles. The number of anilines is 1. The first-order valence-corrected chi connectivity index (χ1v) is 7.96. The van der Waals surface area contributed by atoms with Crippen molar-refractivity contribution in [1.29, 1.82) is 5.26 Å². The molecule has 1 N–H and O–H groups in total. The smallest absolute Gasteiger partial charge is 0.265 e. The molecule has 0 aliphatic heterocycles. The van der Waals surface area contributed by atoms with Crippen molar-refractivity contribution in [2.75, 3.05) is 5.32 Å². The fraction of sp³-hybridized carbons (Fsp3) is 0.0500. The van der Waals surface area contributed by atoms with Crippen LogP contribution in [0.1, 0.15) is 11.1 Å². The molecule has 2 aromatic heterocycles. The number of imidazole rings is 1. The Hall–Kier alpha value is -3.72. The Labute approximate surface area is 147 Å². The van der Waals surface area contributed by atoms with Crippen molar-refractivity contribution in [3.05, 3.63) is 81.0 Å². The van der Waals surface area contributed by atoms with Crippen LogP contribution in [0.4, 0.5) is 10.1 Å². The molecule has 0 aliphatic rings. The maximum atomic E-state index is 13.1. The number of hydrogen-bond acceptors (Lipinski definition) is 4. The Morgan fingerprint density at radius 2 is 1.92 bits per heavy atom. The van der Waals surface area contributed by atoms with Crippen LogP contribution in [-0.4, -0.2) is 9.38 Å². The van der Waals surface area contributed by atoms with Gasteiger partial charge in [0.15, 0.2) is 5.65 Å². The number of fused-ring (bicyclic) bond motifs is 3. The molecule has 0 bridgehead atoms. The quantitative estimate of drug-likeness (QED) is 0.607. The van der Waals surface area contributed by atoms with Gasteiger partial charge in [-0.2, -0.15) is 5.26 Å². The summed E-state index contributed by atoms with van der Waals surface area (Å²) in [5.74, 6) is -0.339. The van der Waals surface area contributed by atoms with Gasteiger partial charge >= 0.3 is 0 Å². The number of halogens is 1. The lowest BCUT2D eigenvalue weighted by Crippen LogP contribution is -2.34. The van der Waals surface area contributed by atoms with Gasteiger partial charge in [0.25, 0.3) is 5.56 Å². The van der Waals surface area contributed by atoms with Gasteiger partial charge in [0.1, 0.15) is 11.9 Å². The molecular formula is C20H13FN4O. The number of nitrogens with one attached hydrogen (secondary N) is 1. The van der Waals surface area contributed by atoms with E-state index in [1.807, 2.05) is 12.1 Å². The van der Waals surface area contributed by atoms with Crippen molar-refractivity contribution >= 4 is 28.6 Å². The SMILES string of the molecule is Cc1c(C#N)c2nc3ccccc3n2c(=O)c1=CNc1ccc(F)cc1. The van der Waals surface area contributed by atoms with Crippen molar-refractivity contribution in [1.82, 2.24) is 9.38 Å².